The summed E-state index contributed by atoms with van der Waals surface area (Å²) >= 11 is 0. The number of piperidine rings is 1. The largest absolute Gasteiger partial charge is 0.445 e. The summed E-state index contributed by atoms with van der Waals surface area (Å²) in [5.74, 6) is 1.63. The molecular formula is C20H25N7O2. The quantitative estimate of drug-likeness (QED) is 0.724. The van der Waals surface area contributed by atoms with Crippen molar-refractivity contribution in [1.29, 1.82) is 0 Å². The number of aryl methyl sites for hydroxylation is 2. The zero-order valence-electron chi connectivity index (χ0n) is 17.0. The van der Waals surface area contributed by atoms with Gasteiger partial charge in [-0.2, -0.15) is 4.98 Å². The molecule has 2 aliphatic rings. The average molecular weight is 395 g/mol. The fourth-order valence-corrected chi connectivity index (χ4v) is 4.00. The van der Waals surface area contributed by atoms with Crippen LogP contribution in [0.5, 0.6) is 0 Å². The van der Waals surface area contributed by atoms with Crippen molar-refractivity contribution in [3.8, 4) is 0 Å². The molecule has 9 nitrogen and oxygen atoms in total. The van der Waals surface area contributed by atoms with Crippen LogP contribution in [-0.2, 0) is 7.05 Å². The van der Waals surface area contributed by atoms with E-state index in [9.17, 15) is 4.79 Å². The van der Waals surface area contributed by atoms with E-state index in [-0.39, 0.29) is 11.4 Å². The maximum absolute atomic E-state index is 13.3. The van der Waals surface area contributed by atoms with Crippen LogP contribution in [0.25, 0.3) is 11.1 Å². The standard InChI is InChI=1S/C20H25N7O2/c1-12-21-17(23-20(2)6-7-20)16-14(11-29-18(16)22-12)19(28)27-8-4-13(5-9-27)15-10-26(3)25-24-15/h10-11,13H,4-9H2,1-3H3,(H,21,22,23). The molecule has 0 aromatic carbocycles. The first-order valence-electron chi connectivity index (χ1n) is 10.1. The van der Waals surface area contributed by atoms with Crippen molar-refractivity contribution in [2.24, 2.45) is 7.05 Å². The third-order valence-corrected chi connectivity index (χ3v) is 6.02. The molecule has 1 N–H and O–H groups in total. The third-order valence-electron chi connectivity index (χ3n) is 6.02. The smallest absolute Gasteiger partial charge is 0.257 e. The zero-order valence-corrected chi connectivity index (χ0v) is 17.0. The Morgan fingerprint density at radius 3 is 2.69 bits per heavy atom. The monoisotopic (exact) mass is 395 g/mol. The molecule has 0 spiro atoms. The molecule has 3 aromatic heterocycles. The van der Waals surface area contributed by atoms with Crippen molar-refractivity contribution in [1.82, 2.24) is 29.9 Å². The third kappa shape index (κ3) is 3.34. The van der Waals surface area contributed by atoms with Gasteiger partial charge in [-0.05, 0) is 39.5 Å². The summed E-state index contributed by atoms with van der Waals surface area (Å²) in [6.45, 7) is 5.36. The fraction of sp³-hybridized carbons (Fsp3) is 0.550. The highest BCUT2D eigenvalue weighted by molar-refractivity contribution is 6.09. The molecule has 1 aliphatic heterocycles. The van der Waals surface area contributed by atoms with Crippen molar-refractivity contribution in [3.63, 3.8) is 0 Å². The van der Waals surface area contributed by atoms with E-state index in [4.69, 9.17) is 4.42 Å². The number of furan rings is 1. The van der Waals surface area contributed by atoms with Gasteiger partial charge in [0.2, 0.25) is 5.71 Å². The molecule has 0 atom stereocenters. The number of carbonyl (C=O) groups is 1. The molecule has 152 valence electrons. The minimum atomic E-state index is -0.0298. The van der Waals surface area contributed by atoms with Crippen LogP contribution in [-0.4, -0.2) is 54.4 Å². The first-order chi connectivity index (χ1) is 13.9. The number of anilines is 1. The summed E-state index contributed by atoms with van der Waals surface area (Å²) in [7, 11) is 1.87. The van der Waals surface area contributed by atoms with Crippen LogP contribution in [0.15, 0.2) is 16.9 Å². The number of hydrogen-bond donors (Lipinski definition) is 1. The zero-order chi connectivity index (χ0) is 20.2. The Morgan fingerprint density at radius 2 is 2.03 bits per heavy atom. The van der Waals surface area contributed by atoms with E-state index in [1.807, 2.05) is 25.1 Å². The van der Waals surface area contributed by atoms with Gasteiger partial charge >= 0.3 is 0 Å². The van der Waals surface area contributed by atoms with Gasteiger partial charge < -0.3 is 14.6 Å². The fourth-order valence-electron chi connectivity index (χ4n) is 4.00. The molecule has 1 amide bonds. The van der Waals surface area contributed by atoms with Crippen LogP contribution in [0.2, 0.25) is 0 Å². The first kappa shape index (κ1) is 18.1. The van der Waals surface area contributed by atoms with Gasteiger partial charge in [0.15, 0.2) is 0 Å². The van der Waals surface area contributed by atoms with Crippen molar-refractivity contribution >= 4 is 22.8 Å². The van der Waals surface area contributed by atoms with E-state index in [0.717, 1.165) is 31.4 Å². The van der Waals surface area contributed by atoms with Crippen molar-refractivity contribution in [2.75, 3.05) is 18.4 Å². The molecule has 0 radical (unpaired) electrons. The number of amides is 1. The van der Waals surface area contributed by atoms with Gasteiger partial charge in [-0.15, -0.1) is 5.10 Å². The van der Waals surface area contributed by atoms with Crippen molar-refractivity contribution in [2.45, 2.75) is 51.0 Å². The number of likely N-dealkylation sites (tertiary alicyclic amines) is 1. The summed E-state index contributed by atoms with van der Waals surface area (Å²) in [6, 6.07) is 0. The average Bonchev–Trinajstić information content (AvgIpc) is 3.08. The van der Waals surface area contributed by atoms with E-state index < -0.39 is 0 Å². The SMILES string of the molecule is Cc1nc(NC2(C)CC2)c2c(C(=O)N3CCC(c4cn(C)nn4)CC3)coc2n1. The molecule has 5 rings (SSSR count). The van der Waals surface area contributed by atoms with E-state index in [2.05, 4.69) is 32.5 Å². The van der Waals surface area contributed by atoms with E-state index in [1.165, 1.54) is 6.26 Å². The van der Waals surface area contributed by atoms with Gasteiger partial charge in [-0.25, -0.2) is 4.98 Å². The van der Waals surface area contributed by atoms with Crippen LogP contribution in [0.3, 0.4) is 0 Å². The highest BCUT2D eigenvalue weighted by atomic mass is 16.3. The second kappa shape index (κ2) is 6.53. The molecule has 1 aliphatic carbocycles. The molecule has 1 saturated carbocycles. The molecule has 2 fully saturated rings. The van der Waals surface area contributed by atoms with E-state index >= 15 is 0 Å². The molecule has 1 saturated heterocycles. The van der Waals surface area contributed by atoms with Crippen LogP contribution in [0.1, 0.15) is 60.4 Å². The number of nitrogens with zero attached hydrogens (tertiary/aromatic N) is 6. The number of rotatable bonds is 4. The van der Waals surface area contributed by atoms with Gasteiger partial charge in [0, 0.05) is 37.8 Å². The van der Waals surface area contributed by atoms with Crippen molar-refractivity contribution < 1.29 is 9.21 Å². The summed E-state index contributed by atoms with van der Waals surface area (Å²) in [5, 5.41) is 12.4. The number of nitrogens with one attached hydrogen (secondary N) is 1. The summed E-state index contributed by atoms with van der Waals surface area (Å²) < 4.78 is 7.37. The highest BCUT2D eigenvalue weighted by Gasteiger charge is 2.39. The number of hydrogen-bond acceptors (Lipinski definition) is 7. The molecular weight excluding hydrogens is 370 g/mol. The maximum atomic E-state index is 13.3. The summed E-state index contributed by atoms with van der Waals surface area (Å²) in [6.07, 6.45) is 7.42. The molecule has 29 heavy (non-hydrogen) atoms. The second-order valence-electron chi connectivity index (χ2n) is 8.52. The van der Waals surface area contributed by atoms with Gasteiger partial charge in [0.1, 0.15) is 17.9 Å². The maximum Gasteiger partial charge on any atom is 0.257 e. The lowest BCUT2D eigenvalue weighted by Crippen LogP contribution is -2.38. The lowest BCUT2D eigenvalue weighted by molar-refractivity contribution is 0.0713. The lowest BCUT2D eigenvalue weighted by Gasteiger charge is -2.31. The minimum Gasteiger partial charge on any atom is -0.445 e. The highest BCUT2D eigenvalue weighted by Crippen LogP contribution is 2.40. The van der Waals surface area contributed by atoms with Crippen LogP contribution < -0.4 is 5.32 Å². The Bertz CT molecular complexity index is 1070. The molecule has 0 unspecified atom stereocenters. The predicted octanol–water partition coefficient (Wildman–Crippen LogP) is 2.64. The minimum absolute atomic E-state index is 0.0298. The topological polar surface area (TPSA) is 102 Å². The molecule has 4 heterocycles. The molecule has 9 heteroatoms. The summed E-state index contributed by atoms with van der Waals surface area (Å²) in [4.78, 5) is 24.1. The van der Waals surface area contributed by atoms with Gasteiger partial charge in [-0.3, -0.25) is 9.48 Å². The summed E-state index contributed by atoms with van der Waals surface area (Å²) in [5.41, 5.74) is 2.04. The van der Waals surface area contributed by atoms with Gasteiger partial charge in [-0.1, -0.05) is 5.21 Å². The van der Waals surface area contributed by atoms with Crippen molar-refractivity contribution in [3.05, 3.63) is 29.5 Å². The van der Waals surface area contributed by atoms with Gasteiger partial charge in [0.25, 0.3) is 5.91 Å². The Kier molecular flexibility index (Phi) is 4.07. The van der Waals surface area contributed by atoms with Crippen LogP contribution >= 0.6 is 0 Å². The van der Waals surface area contributed by atoms with E-state index in [1.54, 1.807) is 4.68 Å². The Morgan fingerprint density at radius 1 is 1.28 bits per heavy atom. The molecule has 0 bridgehead atoms. The first-order valence-corrected chi connectivity index (χ1v) is 10.1. The Labute approximate surface area is 168 Å². The second-order valence-corrected chi connectivity index (χ2v) is 8.52. The Balaban J connectivity index is 1.39. The van der Waals surface area contributed by atoms with Crippen LogP contribution in [0.4, 0.5) is 5.82 Å². The normalized spacial score (nSPS) is 18.9. The van der Waals surface area contributed by atoms with Gasteiger partial charge in [0.05, 0.1) is 16.6 Å². The van der Waals surface area contributed by atoms with E-state index in [0.29, 0.717) is 47.3 Å². The number of carbonyl (C=O) groups excluding carboxylic acids is 1. The molecule has 3 aromatic rings. The Hall–Kier alpha value is -2.97. The lowest BCUT2D eigenvalue weighted by atomic mass is 9.93. The number of aromatic nitrogens is 5. The number of fused-ring (bicyclic) bond motifs is 1. The predicted molar refractivity (Wildman–Crippen MR) is 107 cm³/mol. The van der Waals surface area contributed by atoms with Crippen LogP contribution in [0, 0.1) is 6.92 Å².